The number of hydrogen-bond acceptors (Lipinski definition) is 4. The monoisotopic (exact) mass is 349 g/mol. The lowest BCUT2D eigenvalue weighted by Crippen LogP contribution is -2.55. The number of carbonyl (C=O) groups is 2. The van der Waals surface area contributed by atoms with Gasteiger partial charge in [0.1, 0.15) is 5.75 Å². The topological polar surface area (TPSA) is 90.9 Å². The van der Waals surface area contributed by atoms with Crippen LogP contribution in [-0.4, -0.2) is 53.8 Å². The number of benzene rings is 1. The van der Waals surface area contributed by atoms with Crippen molar-refractivity contribution in [2.45, 2.75) is 45.2 Å². The number of urea groups is 1. The number of carboxylic acid groups (broad SMARTS) is 1. The molecule has 0 saturated heterocycles. The largest absolute Gasteiger partial charge is 0.491 e. The standard InChI is InChI=1S/C18H27N3O4/c1-3-9-25-16-8-6-5-7-15(16)20-18(24)19-13-10-14(11-13)21(4-2)12-17(22)23/h5-8,13-14H,3-4,9-12H2,1-2H3,(H,22,23)(H2,19,20,24). The minimum Gasteiger partial charge on any atom is -0.491 e. The van der Waals surface area contributed by atoms with Crippen molar-refractivity contribution >= 4 is 17.7 Å². The van der Waals surface area contributed by atoms with Gasteiger partial charge in [-0.2, -0.15) is 0 Å². The Bertz CT molecular complexity index is 587. The number of aliphatic carboxylic acids is 1. The van der Waals surface area contributed by atoms with Crippen molar-refractivity contribution in [3.63, 3.8) is 0 Å². The van der Waals surface area contributed by atoms with Crippen molar-refractivity contribution in [2.75, 3.05) is 25.0 Å². The molecule has 0 radical (unpaired) electrons. The maximum absolute atomic E-state index is 12.2. The highest BCUT2D eigenvalue weighted by molar-refractivity contribution is 5.91. The molecule has 0 unspecified atom stereocenters. The summed E-state index contributed by atoms with van der Waals surface area (Å²) < 4.78 is 5.63. The summed E-state index contributed by atoms with van der Waals surface area (Å²) in [5.74, 6) is -0.163. The number of amides is 2. The predicted molar refractivity (Wildman–Crippen MR) is 96.1 cm³/mol. The molecule has 1 aromatic carbocycles. The lowest BCUT2D eigenvalue weighted by atomic mass is 9.85. The highest BCUT2D eigenvalue weighted by Crippen LogP contribution is 2.27. The first kappa shape index (κ1) is 19.1. The van der Waals surface area contributed by atoms with E-state index in [0.717, 1.165) is 19.3 Å². The lowest BCUT2D eigenvalue weighted by Gasteiger charge is -2.42. The Labute approximate surface area is 148 Å². The molecule has 3 N–H and O–H groups in total. The average Bonchev–Trinajstić information content (AvgIpc) is 2.55. The van der Waals surface area contributed by atoms with E-state index in [1.807, 2.05) is 36.9 Å². The van der Waals surface area contributed by atoms with E-state index in [4.69, 9.17) is 9.84 Å². The summed E-state index contributed by atoms with van der Waals surface area (Å²) in [6.07, 6.45) is 2.43. The SMILES string of the molecule is CCCOc1ccccc1NC(=O)NC1CC(N(CC)CC(=O)O)C1. The molecule has 1 aliphatic carbocycles. The molecule has 1 aliphatic rings. The summed E-state index contributed by atoms with van der Waals surface area (Å²) >= 11 is 0. The molecule has 138 valence electrons. The molecule has 0 bridgehead atoms. The molecule has 2 rings (SSSR count). The van der Waals surface area contributed by atoms with Gasteiger partial charge in [0.15, 0.2) is 0 Å². The van der Waals surface area contributed by atoms with E-state index in [1.165, 1.54) is 0 Å². The Balaban J connectivity index is 1.80. The van der Waals surface area contributed by atoms with Gasteiger partial charge in [-0.25, -0.2) is 4.79 Å². The van der Waals surface area contributed by atoms with Crippen LogP contribution in [0.25, 0.3) is 0 Å². The molecule has 0 aliphatic heterocycles. The summed E-state index contributed by atoms with van der Waals surface area (Å²) in [6, 6.07) is 7.36. The third kappa shape index (κ3) is 5.63. The summed E-state index contributed by atoms with van der Waals surface area (Å²) in [5.41, 5.74) is 0.644. The Morgan fingerprint density at radius 3 is 2.64 bits per heavy atom. The Morgan fingerprint density at radius 2 is 2.00 bits per heavy atom. The van der Waals surface area contributed by atoms with E-state index >= 15 is 0 Å². The fourth-order valence-corrected chi connectivity index (χ4v) is 2.93. The van der Waals surface area contributed by atoms with E-state index in [0.29, 0.717) is 24.6 Å². The Morgan fingerprint density at radius 1 is 1.28 bits per heavy atom. The average molecular weight is 349 g/mol. The molecular formula is C18H27N3O4. The number of carbonyl (C=O) groups excluding carboxylic acids is 1. The van der Waals surface area contributed by atoms with Gasteiger partial charge in [0.25, 0.3) is 0 Å². The van der Waals surface area contributed by atoms with E-state index in [2.05, 4.69) is 10.6 Å². The molecular weight excluding hydrogens is 322 g/mol. The maximum Gasteiger partial charge on any atom is 0.319 e. The highest BCUT2D eigenvalue weighted by atomic mass is 16.5. The van der Waals surface area contributed by atoms with Crippen molar-refractivity contribution < 1.29 is 19.4 Å². The van der Waals surface area contributed by atoms with E-state index in [9.17, 15) is 9.59 Å². The number of likely N-dealkylation sites (N-methyl/N-ethyl adjacent to an activating group) is 1. The van der Waals surface area contributed by atoms with Gasteiger partial charge in [-0.3, -0.25) is 9.69 Å². The quantitative estimate of drug-likeness (QED) is 0.637. The molecule has 0 atom stereocenters. The van der Waals surface area contributed by atoms with Crippen LogP contribution in [0.3, 0.4) is 0 Å². The van der Waals surface area contributed by atoms with Crippen molar-refractivity contribution in [3.05, 3.63) is 24.3 Å². The van der Waals surface area contributed by atoms with Gasteiger partial charge in [0.05, 0.1) is 18.8 Å². The van der Waals surface area contributed by atoms with E-state index in [-0.39, 0.29) is 24.7 Å². The molecule has 1 fully saturated rings. The maximum atomic E-state index is 12.2. The summed E-state index contributed by atoms with van der Waals surface area (Å²) in [5, 5.41) is 14.7. The second-order valence-corrected chi connectivity index (χ2v) is 6.22. The van der Waals surface area contributed by atoms with Gasteiger partial charge >= 0.3 is 12.0 Å². The number of hydrogen-bond donors (Lipinski definition) is 3. The summed E-state index contributed by atoms with van der Waals surface area (Å²) in [4.78, 5) is 25.0. The summed E-state index contributed by atoms with van der Waals surface area (Å²) in [7, 11) is 0. The number of para-hydroxylation sites is 2. The molecule has 1 saturated carbocycles. The number of nitrogens with one attached hydrogen (secondary N) is 2. The third-order valence-electron chi connectivity index (χ3n) is 4.31. The van der Waals surface area contributed by atoms with Crippen LogP contribution in [0.5, 0.6) is 5.75 Å². The van der Waals surface area contributed by atoms with Crippen molar-refractivity contribution in [2.24, 2.45) is 0 Å². The Kier molecular flexibility index (Phi) is 7.06. The first-order chi connectivity index (χ1) is 12.0. The fourth-order valence-electron chi connectivity index (χ4n) is 2.93. The second-order valence-electron chi connectivity index (χ2n) is 6.22. The smallest absolute Gasteiger partial charge is 0.319 e. The van der Waals surface area contributed by atoms with Gasteiger partial charge in [0.2, 0.25) is 0 Å². The van der Waals surface area contributed by atoms with Gasteiger partial charge in [-0.1, -0.05) is 26.0 Å². The zero-order chi connectivity index (χ0) is 18.2. The first-order valence-electron chi connectivity index (χ1n) is 8.78. The van der Waals surface area contributed by atoms with Gasteiger partial charge in [-0.05, 0) is 37.9 Å². The van der Waals surface area contributed by atoms with Crippen LogP contribution in [-0.2, 0) is 4.79 Å². The van der Waals surface area contributed by atoms with Crippen LogP contribution in [0.4, 0.5) is 10.5 Å². The van der Waals surface area contributed by atoms with Crippen LogP contribution in [0.1, 0.15) is 33.1 Å². The van der Waals surface area contributed by atoms with Gasteiger partial charge in [0, 0.05) is 12.1 Å². The van der Waals surface area contributed by atoms with E-state index in [1.54, 1.807) is 6.07 Å². The number of nitrogens with zero attached hydrogens (tertiary/aromatic N) is 1. The number of rotatable bonds is 9. The molecule has 0 spiro atoms. The second kappa shape index (κ2) is 9.27. The lowest BCUT2D eigenvalue weighted by molar-refractivity contribution is -0.139. The number of carboxylic acids is 1. The van der Waals surface area contributed by atoms with Gasteiger partial charge in [-0.15, -0.1) is 0 Å². The minimum atomic E-state index is -0.820. The fraction of sp³-hybridized carbons (Fsp3) is 0.556. The number of ether oxygens (including phenoxy) is 1. The molecule has 25 heavy (non-hydrogen) atoms. The van der Waals surface area contributed by atoms with Crippen LogP contribution in [0, 0.1) is 0 Å². The molecule has 0 aromatic heterocycles. The van der Waals surface area contributed by atoms with Gasteiger partial charge < -0.3 is 20.5 Å². The number of anilines is 1. The zero-order valence-corrected chi connectivity index (χ0v) is 14.8. The van der Waals surface area contributed by atoms with Crippen LogP contribution in [0.2, 0.25) is 0 Å². The molecule has 0 heterocycles. The Hall–Kier alpha value is -2.28. The molecule has 7 heteroatoms. The zero-order valence-electron chi connectivity index (χ0n) is 14.8. The third-order valence-corrected chi connectivity index (χ3v) is 4.31. The molecule has 7 nitrogen and oxygen atoms in total. The van der Waals surface area contributed by atoms with Crippen LogP contribution < -0.4 is 15.4 Å². The molecule has 2 amide bonds. The van der Waals surface area contributed by atoms with Crippen LogP contribution >= 0.6 is 0 Å². The predicted octanol–water partition coefficient (Wildman–Crippen LogP) is 2.53. The highest BCUT2D eigenvalue weighted by Gasteiger charge is 2.34. The normalized spacial score (nSPS) is 19.2. The van der Waals surface area contributed by atoms with E-state index < -0.39 is 5.97 Å². The molecule has 1 aromatic rings. The van der Waals surface area contributed by atoms with Crippen LogP contribution in [0.15, 0.2) is 24.3 Å². The van der Waals surface area contributed by atoms with Crippen molar-refractivity contribution in [3.8, 4) is 5.75 Å². The van der Waals surface area contributed by atoms with Crippen molar-refractivity contribution in [1.82, 2.24) is 10.2 Å². The van der Waals surface area contributed by atoms with Crippen molar-refractivity contribution in [1.29, 1.82) is 0 Å². The first-order valence-corrected chi connectivity index (χ1v) is 8.78. The summed E-state index contributed by atoms with van der Waals surface area (Å²) in [6.45, 7) is 5.31. The minimum absolute atomic E-state index is 0.0439.